The van der Waals surface area contributed by atoms with E-state index in [9.17, 15) is 8.42 Å². The topological polar surface area (TPSA) is 59.1 Å². The first kappa shape index (κ1) is 11.4. The van der Waals surface area contributed by atoms with Gasteiger partial charge in [-0.05, 0) is 19.1 Å². The lowest BCUT2D eigenvalue weighted by Gasteiger charge is -2.11. The average molecular weight is 235 g/mol. The lowest BCUT2D eigenvalue weighted by Crippen LogP contribution is -2.28. The zero-order valence-corrected chi connectivity index (χ0v) is 9.22. The molecule has 0 saturated heterocycles. The summed E-state index contributed by atoms with van der Waals surface area (Å²) in [6, 6.07) is 4.96. The number of nitrogens with zero attached hydrogens (tertiary/aromatic N) is 1. The smallest absolute Gasteiger partial charge is 0.226 e. The van der Waals surface area contributed by atoms with Gasteiger partial charge in [-0.25, -0.2) is 13.1 Å². The third-order valence-electron chi connectivity index (χ3n) is 1.63. The molecule has 1 heterocycles. The van der Waals surface area contributed by atoms with E-state index in [1.807, 2.05) is 0 Å². The molecule has 0 aliphatic carbocycles. The molecule has 0 fully saturated rings. The first-order chi connectivity index (χ1) is 6.55. The Labute approximate surface area is 88.4 Å². The molecule has 0 unspecified atom stereocenters. The van der Waals surface area contributed by atoms with Crippen LogP contribution < -0.4 is 4.72 Å². The maximum atomic E-state index is 11.1. The minimum atomic E-state index is -3.39. The molecule has 0 aromatic carbocycles. The number of pyridine rings is 1. The van der Waals surface area contributed by atoms with Crippen LogP contribution in [0.4, 0.5) is 0 Å². The summed E-state index contributed by atoms with van der Waals surface area (Å²) in [6.07, 6.45) is 1.61. The van der Waals surface area contributed by atoms with Crippen LogP contribution in [0, 0.1) is 0 Å². The van der Waals surface area contributed by atoms with Gasteiger partial charge in [-0.3, -0.25) is 4.98 Å². The standard InChI is InChI=1S/C8H11ClN2O2S/c1-7(11-14(12,13)6-9)8-4-2-3-5-10-8/h2-5,7,11H,6H2,1H3/t7-/m1/s1. The second-order valence-electron chi connectivity index (χ2n) is 2.82. The van der Waals surface area contributed by atoms with Gasteiger partial charge >= 0.3 is 0 Å². The predicted octanol–water partition coefficient (Wildman–Crippen LogP) is 1.26. The molecular formula is C8H11ClN2O2S. The van der Waals surface area contributed by atoms with Gasteiger partial charge in [0.15, 0.2) is 0 Å². The fourth-order valence-corrected chi connectivity index (χ4v) is 1.90. The number of hydrogen-bond acceptors (Lipinski definition) is 3. The van der Waals surface area contributed by atoms with Gasteiger partial charge < -0.3 is 0 Å². The molecule has 0 amide bonds. The van der Waals surface area contributed by atoms with E-state index in [0.717, 1.165) is 0 Å². The third kappa shape index (κ3) is 3.25. The number of alkyl halides is 1. The van der Waals surface area contributed by atoms with Crippen LogP contribution in [-0.2, 0) is 10.0 Å². The van der Waals surface area contributed by atoms with Gasteiger partial charge in [0.05, 0.1) is 11.7 Å². The Bertz CT molecular complexity index is 380. The average Bonchev–Trinajstić information content (AvgIpc) is 2.19. The van der Waals surface area contributed by atoms with E-state index < -0.39 is 15.2 Å². The summed E-state index contributed by atoms with van der Waals surface area (Å²) >= 11 is 5.25. The molecule has 1 N–H and O–H groups in total. The predicted molar refractivity (Wildman–Crippen MR) is 55.4 cm³/mol. The normalized spacial score (nSPS) is 13.9. The summed E-state index contributed by atoms with van der Waals surface area (Å²) in [5, 5.41) is -0.440. The van der Waals surface area contributed by atoms with Gasteiger partial charge in [-0.2, -0.15) is 0 Å². The van der Waals surface area contributed by atoms with Crippen molar-refractivity contribution in [2.75, 3.05) is 5.21 Å². The van der Waals surface area contributed by atoms with E-state index in [4.69, 9.17) is 11.6 Å². The molecule has 1 atom stereocenters. The Morgan fingerprint density at radius 3 is 2.79 bits per heavy atom. The van der Waals surface area contributed by atoms with Crippen LogP contribution in [0.25, 0.3) is 0 Å². The van der Waals surface area contributed by atoms with Gasteiger partial charge in [0.25, 0.3) is 0 Å². The molecule has 1 rings (SSSR count). The number of rotatable bonds is 4. The molecule has 0 spiro atoms. The zero-order valence-electron chi connectivity index (χ0n) is 7.64. The maximum Gasteiger partial charge on any atom is 0.226 e. The number of aromatic nitrogens is 1. The SMILES string of the molecule is C[C@@H](NS(=O)(=O)CCl)c1ccccn1. The van der Waals surface area contributed by atoms with Gasteiger partial charge in [0.2, 0.25) is 10.0 Å². The van der Waals surface area contributed by atoms with Crippen molar-refractivity contribution in [2.45, 2.75) is 13.0 Å². The van der Waals surface area contributed by atoms with Crippen molar-refractivity contribution in [3.8, 4) is 0 Å². The minimum Gasteiger partial charge on any atom is -0.260 e. The van der Waals surface area contributed by atoms with Crippen LogP contribution in [0.15, 0.2) is 24.4 Å². The summed E-state index contributed by atoms with van der Waals surface area (Å²) in [5.41, 5.74) is 0.668. The van der Waals surface area contributed by atoms with Crippen LogP contribution in [0.5, 0.6) is 0 Å². The summed E-state index contributed by atoms with van der Waals surface area (Å²) < 4.78 is 24.6. The molecule has 1 aromatic rings. The minimum absolute atomic E-state index is 0.361. The zero-order chi connectivity index (χ0) is 10.6. The van der Waals surface area contributed by atoms with Gasteiger partial charge in [-0.1, -0.05) is 6.07 Å². The van der Waals surface area contributed by atoms with Crippen LogP contribution in [0.1, 0.15) is 18.7 Å². The largest absolute Gasteiger partial charge is 0.260 e. The van der Waals surface area contributed by atoms with E-state index in [1.54, 1.807) is 31.3 Å². The highest BCUT2D eigenvalue weighted by molar-refractivity contribution is 7.90. The van der Waals surface area contributed by atoms with Crippen LogP contribution >= 0.6 is 11.6 Å². The molecule has 0 aliphatic rings. The second kappa shape index (κ2) is 4.72. The van der Waals surface area contributed by atoms with Crippen molar-refractivity contribution in [1.82, 2.24) is 9.71 Å². The monoisotopic (exact) mass is 234 g/mol. The molecule has 0 radical (unpaired) electrons. The molecular weight excluding hydrogens is 224 g/mol. The van der Waals surface area contributed by atoms with E-state index in [1.165, 1.54) is 0 Å². The molecule has 78 valence electrons. The first-order valence-corrected chi connectivity index (χ1v) is 6.21. The van der Waals surface area contributed by atoms with Gasteiger partial charge in [0, 0.05) is 6.20 Å². The Hall–Kier alpha value is -0.650. The first-order valence-electron chi connectivity index (χ1n) is 4.02. The second-order valence-corrected chi connectivity index (χ2v) is 5.16. The quantitative estimate of drug-likeness (QED) is 0.798. The molecule has 0 aliphatic heterocycles. The van der Waals surface area contributed by atoms with Crippen molar-refractivity contribution >= 4 is 21.6 Å². The molecule has 14 heavy (non-hydrogen) atoms. The Kier molecular flexibility index (Phi) is 3.86. The Morgan fingerprint density at radius 1 is 1.57 bits per heavy atom. The third-order valence-corrected chi connectivity index (χ3v) is 3.49. The Morgan fingerprint density at radius 2 is 2.29 bits per heavy atom. The van der Waals surface area contributed by atoms with Crippen molar-refractivity contribution in [3.63, 3.8) is 0 Å². The molecule has 0 bridgehead atoms. The van der Waals surface area contributed by atoms with Crippen molar-refractivity contribution in [2.24, 2.45) is 0 Å². The van der Waals surface area contributed by atoms with Crippen LogP contribution in [0.2, 0.25) is 0 Å². The van der Waals surface area contributed by atoms with Crippen LogP contribution in [0.3, 0.4) is 0 Å². The van der Waals surface area contributed by atoms with E-state index in [0.29, 0.717) is 5.69 Å². The van der Waals surface area contributed by atoms with E-state index >= 15 is 0 Å². The lowest BCUT2D eigenvalue weighted by molar-refractivity contribution is 0.568. The van der Waals surface area contributed by atoms with Crippen LogP contribution in [-0.4, -0.2) is 18.6 Å². The number of halogens is 1. The number of nitrogens with one attached hydrogen (secondary N) is 1. The highest BCUT2D eigenvalue weighted by atomic mass is 35.5. The van der Waals surface area contributed by atoms with Gasteiger partial charge in [-0.15, -0.1) is 11.6 Å². The summed E-state index contributed by atoms with van der Waals surface area (Å²) in [4.78, 5) is 4.03. The summed E-state index contributed by atoms with van der Waals surface area (Å²) in [6.45, 7) is 1.71. The molecule has 1 aromatic heterocycles. The van der Waals surface area contributed by atoms with Crippen molar-refractivity contribution in [1.29, 1.82) is 0 Å². The van der Waals surface area contributed by atoms with E-state index in [2.05, 4.69) is 9.71 Å². The fraction of sp³-hybridized carbons (Fsp3) is 0.375. The van der Waals surface area contributed by atoms with Gasteiger partial charge in [0.1, 0.15) is 5.21 Å². The molecule has 6 heteroatoms. The van der Waals surface area contributed by atoms with E-state index in [-0.39, 0.29) is 6.04 Å². The number of hydrogen-bond donors (Lipinski definition) is 1. The Balaban J connectivity index is 2.74. The fourth-order valence-electron chi connectivity index (χ4n) is 0.993. The summed E-state index contributed by atoms with van der Waals surface area (Å²) in [7, 11) is -3.39. The lowest BCUT2D eigenvalue weighted by atomic mass is 10.2. The molecule has 0 saturated carbocycles. The highest BCUT2D eigenvalue weighted by Crippen LogP contribution is 2.09. The number of sulfonamides is 1. The van der Waals surface area contributed by atoms with Crippen molar-refractivity contribution < 1.29 is 8.42 Å². The maximum absolute atomic E-state index is 11.1. The highest BCUT2D eigenvalue weighted by Gasteiger charge is 2.14. The summed E-state index contributed by atoms with van der Waals surface area (Å²) in [5.74, 6) is 0. The van der Waals surface area contributed by atoms with Crippen molar-refractivity contribution in [3.05, 3.63) is 30.1 Å². The molecule has 4 nitrogen and oxygen atoms in total.